The van der Waals surface area contributed by atoms with Gasteiger partial charge in [-0.1, -0.05) is 30.3 Å². The molecule has 0 radical (unpaired) electrons. The van der Waals surface area contributed by atoms with Crippen molar-refractivity contribution >= 4 is 5.91 Å². The maximum atomic E-state index is 12.2. The SMILES string of the molecule is CC1(C)CC(CCNC(=O)c2cnccn2)(c2ccccc2)CCO1. The molecule has 0 saturated carbocycles. The van der Waals surface area contributed by atoms with Gasteiger partial charge in [0.2, 0.25) is 0 Å². The molecule has 3 rings (SSSR count). The van der Waals surface area contributed by atoms with Crippen molar-refractivity contribution in [2.24, 2.45) is 0 Å². The molecule has 132 valence electrons. The average molecular weight is 339 g/mol. The number of amides is 1. The molecule has 1 N–H and O–H groups in total. The third-order valence-electron chi connectivity index (χ3n) is 4.91. The van der Waals surface area contributed by atoms with E-state index in [1.54, 1.807) is 6.20 Å². The summed E-state index contributed by atoms with van der Waals surface area (Å²) >= 11 is 0. The van der Waals surface area contributed by atoms with E-state index < -0.39 is 0 Å². The summed E-state index contributed by atoms with van der Waals surface area (Å²) in [4.78, 5) is 20.2. The molecule has 5 heteroatoms. The summed E-state index contributed by atoms with van der Waals surface area (Å²) in [5.74, 6) is -0.178. The zero-order chi connectivity index (χ0) is 17.8. The van der Waals surface area contributed by atoms with Crippen LogP contribution in [0.25, 0.3) is 0 Å². The first-order valence-electron chi connectivity index (χ1n) is 8.75. The van der Waals surface area contributed by atoms with Gasteiger partial charge in [0.05, 0.1) is 11.8 Å². The van der Waals surface area contributed by atoms with E-state index in [2.05, 4.69) is 53.4 Å². The maximum Gasteiger partial charge on any atom is 0.271 e. The van der Waals surface area contributed by atoms with Gasteiger partial charge in [0, 0.05) is 31.0 Å². The quantitative estimate of drug-likeness (QED) is 0.909. The van der Waals surface area contributed by atoms with Crippen LogP contribution in [0.2, 0.25) is 0 Å². The number of ether oxygens (including phenoxy) is 1. The predicted octanol–water partition coefficient (Wildman–Crippen LogP) is 3.12. The first-order valence-corrected chi connectivity index (χ1v) is 8.75. The molecule has 1 aromatic carbocycles. The number of benzene rings is 1. The third kappa shape index (κ3) is 4.23. The lowest BCUT2D eigenvalue weighted by molar-refractivity contribution is -0.0838. The van der Waals surface area contributed by atoms with Crippen LogP contribution < -0.4 is 5.32 Å². The molecule has 1 saturated heterocycles. The Bertz CT molecular complexity index is 703. The van der Waals surface area contributed by atoms with Crippen LogP contribution in [0.4, 0.5) is 0 Å². The molecule has 5 nitrogen and oxygen atoms in total. The molecular weight excluding hydrogens is 314 g/mol. The van der Waals surface area contributed by atoms with Gasteiger partial charge in [-0.3, -0.25) is 9.78 Å². The van der Waals surface area contributed by atoms with Crippen LogP contribution in [0, 0.1) is 0 Å². The molecule has 1 amide bonds. The molecule has 1 unspecified atom stereocenters. The smallest absolute Gasteiger partial charge is 0.271 e. The Morgan fingerprint density at radius 1 is 1.24 bits per heavy atom. The zero-order valence-electron chi connectivity index (χ0n) is 14.9. The second-order valence-corrected chi connectivity index (χ2v) is 7.28. The van der Waals surface area contributed by atoms with Crippen molar-refractivity contribution in [3.8, 4) is 0 Å². The number of aromatic nitrogens is 2. The minimum atomic E-state index is -0.178. The van der Waals surface area contributed by atoms with Crippen LogP contribution in [0.1, 0.15) is 49.2 Å². The van der Waals surface area contributed by atoms with Crippen LogP contribution >= 0.6 is 0 Å². The number of nitrogens with one attached hydrogen (secondary N) is 1. The normalized spacial score (nSPS) is 22.3. The van der Waals surface area contributed by atoms with Gasteiger partial charge in [0.1, 0.15) is 5.69 Å². The zero-order valence-corrected chi connectivity index (χ0v) is 14.9. The molecule has 1 aliphatic rings. The van der Waals surface area contributed by atoms with Gasteiger partial charge in [-0.25, -0.2) is 4.98 Å². The van der Waals surface area contributed by atoms with Gasteiger partial charge in [0.25, 0.3) is 5.91 Å². The topological polar surface area (TPSA) is 64.1 Å². The highest BCUT2D eigenvalue weighted by Crippen LogP contribution is 2.43. The standard InChI is InChI=1S/C20H25N3O2/c1-19(2)15-20(9-13-25-19,16-6-4-3-5-7-16)8-10-23-18(24)17-14-21-11-12-22-17/h3-7,11-12,14H,8-10,13,15H2,1-2H3,(H,23,24). The Morgan fingerprint density at radius 2 is 2.04 bits per heavy atom. The third-order valence-corrected chi connectivity index (χ3v) is 4.91. The van der Waals surface area contributed by atoms with Gasteiger partial charge in [-0.15, -0.1) is 0 Å². The van der Waals surface area contributed by atoms with Crippen molar-refractivity contribution in [1.82, 2.24) is 15.3 Å². The average Bonchev–Trinajstić information content (AvgIpc) is 2.62. The molecule has 25 heavy (non-hydrogen) atoms. The van der Waals surface area contributed by atoms with E-state index in [9.17, 15) is 4.79 Å². The minimum Gasteiger partial charge on any atom is -0.376 e. The Morgan fingerprint density at radius 3 is 2.72 bits per heavy atom. The molecular formula is C20H25N3O2. The van der Waals surface area contributed by atoms with Crippen LogP contribution in [0.3, 0.4) is 0 Å². The van der Waals surface area contributed by atoms with E-state index in [4.69, 9.17) is 4.74 Å². The van der Waals surface area contributed by atoms with Crippen molar-refractivity contribution in [3.63, 3.8) is 0 Å². The number of rotatable bonds is 5. The van der Waals surface area contributed by atoms with Gasteiger partial charge < -0.3 is 10.1 Å². The maximum absolute atomic E-state index is 12.2. The largest absolute Gasteiger partial charge is 0.376 e. The van der Waals surface area contributed by atoms with Crippen molar-refractivity contribution < 1.29 is 9.53 Å². The number of nitrogens with zero attached hydrogens (tertiary/aromatic N) is 2. The van der Waals surface area contributed by atoms with E-state index in [-0.39, 0.29) is 16.9 Å². The summed E-state index contributed by atoms with van der Waals surface area (Å²) in [5.41, 5.74) is 1.52. The second kappa shape index (κ2) is 7.31. The highest BCUT2D eigenvalue weighted by atomic mass is 16.5. The summed E-state index contributed by atoms with van der Waals surface area (Å²) in [6.07, 6.45) is 7.34. The highest BCUT2D eigenvalue weighted by molar-refractivity contribution is 5.91. The molecule has 0 aliphatic carbocycles. The van der Waals surface area contributed by atoms with Gasteiger partial charge in [-0.2, -0.15) is 0 Å². The number of hydrogen-bond donors (Lipinski definition) is 1. The second-order valence-electron chi connectivity index (χ2n) is 7.28. The van der Waals surface area contributed by atoms with Crippen LogP contribution in [-0.4, -0.2) is 34.6 Å². The molecule has 1 aliphatic heterocycles. The van der Waals surface area contributed by atoms with Crippen LogP contribution in [-0.2, 0) is 10.2 Å². The van der Waals surface area contributed by atoms with Gasteiger partial charge >= 0.3 is 0 Å². The monoisotopic (exact) mass is 339 g/mol. The summed E-state index contributed by atoms with van der Waals surface area (Å²) in [6, 6.07) is 10.6. The van der Waals surface area contributed by atoms with Crippen molar-refractivity contribution in [2.75, 3.05) is 13.2 Å². The van der Waals surface area contributed by atoms with E-state index in [0.717, 1.165) is 25.9 Å². The van der Waals surface area contributed by atoms with E-state index in [1.165, 1.54) is 18.0 Å². The first kappa shape index (κ1) is 17.5. The van der Waals surface area contributed by atoms with Crippen LogP contribution in [0.15, 0.2) is 48.9 Å². The Labute approximate surface area is 148 Å². The van der Waals surface area contributed by atoms with Gasteiger partial charge in [-0.05, 0) is 38.7 Å². The number of hydrogen-bond acceptors (Lipinski definition) is 4. The van der Waals surface area contributed by atoms with E-state index in [1.807, 2.05) is 6.07 Å². The summed E-state index contributed by atoms with van der Waals surface area (Å²) in [6.45, 7) is 5.62. The molecule has 1 atom stereocenters. The Kier molecular flexibility index (Phi) is 5.13. The summed E-state index contributed by atoms with van der Waals surface area (Å²) in [7, 11) is 0. The Balaban J connectivity index is 1.72. The lowest BCUT2D eigenvalue weighted by Crippen LogP contribution is -2.45. The van der Waals surface area contributed by atoms with Crippen molar-refractivity contribution in [3.05, 3.63) is 60.2 Å². The molecule has 1 aromatic heterocycles. The lowest BCUT2D eigenvalue weighted by Gasteiger charge is -2.45. The van der Waals surface area contributed by atoms with Crippen LogP contribution in [0.5, 0.6) is 0 Å². The number of carbonyl (C=O) groups excluding carboxylic acids is 1. The molecule has 2 aromatic rings. The van der Waals surface area contributed by atoms with Crippen molar-refractivity contribution in [1.29, 1.82) is 0 Å². The molecule has 1 fully saturated rings. The molecule has 0 bridgehead atoms. The highest BCUT2D eigenvalue weighted by Gasteiger charge is 2.41. The first-order chi connectivity index (χ1) is 12.0. The lowest BCUT2D eigenvalue weighted by atomic mass is 9.67. The van der Waals surface area contributed by atoms with Gasteiger partial charge in [0.15, 0.2) is 0 Å². The molecule has 2 heterocycles. The minimum absolute atomic E-state index is 0.0126. The van der Waals surface area contributed by atoms with E-state index >= 15 is 0 Å². The molecule has 0 spiro atoms. The Hall–Kier alpha value is -2.27. The summed E-state index contributed by atoms with van der Waals surface area (Å²) in [5, 5.41) is 2.99. The predicted molar refractivity (Wildman–Crippen MR) is 96.4 cm³/mol. The fourth-order valence-corrected chi connectivity index (χ4v) is 3.80. The fraction of sp³-hybridized carbons (Fsp3) is 0.450. The fourth-order valence-electron chi connectivity index (χ4n) is 3.80. The summed E-state index contributed by atoms with van der Waals surface area (Å²) < 4.78 is 5.93. The van der Waals surface area contributed by atoms with Crippen molar-refractivity contribution in [2.45, 2.75) is 44.1 Å². The van der Waals surface area contributed by atoms with E-state index in [0.29, 0.717) is 12.2 Å². The number of carbonyl (C=O) groups is 1.